The molecule has 0 saturated carbocycles. The van der Waals surface area contributed by atoms with Gasteiger partial charge in [-0.05, 0) is 19.1 Å². The second-order valence-electron chi connectivity index (χ2n) is 5.23. The number of amides is 1. The van der Waals surface area contributed by atoms with E-state index in [-0.39, 0.29) is 17.0 Å². The number of carbonyl (C=O) groups excluding carboxylic acids is 1. The predicted octanol–water partition coefficient (Wildman–Crippen LogP) is 0.853. The van der Waals surface area contributed by atoms with Gasteiger partial charge in [-0.1, -0.05) is 0 Å². The molecule has 24 heavy (non-hydrogen) atoms. The number of rotatable bonds is 5. The lowest BCUT2D eigenvalue weighted by molar-refractivity contribution is -0.384. The van der Waals surface area contributed by atoms with Crippen LogP contribution in [0.2, 0.25) is 0 Å². The van der Waals surface area contributed by atoms with E-state index >= 15 is 0 Å². The fraction of sp³-hybridized carbons (Fsp3) is 0.500. The smallest absolute Gasteiger partial charge is 0.293 e. The first-order valence-corrected chi connectivity index (χ1v) is 9.01. The van der Waals surface area contributed by atoms with Crippen LogP contribution in [0.3, 0.4) is 0 Å². The van der Waals surface area contributed by atoms with Crippen LogP contribution in [0, 0.1) is 10.1 Å². The first-order chi connectivity index (χ1) is 11.3. The van der Waals surface area contributed by atoms with E-state index in [1.165, 1.54) is 19.1 Å². The van der Waals surface area contributed by atoms with E-state index in [1.807, 2.05) is 4.90 Å². The van der Waals surface area contributed by atoms with Gasteiger partial charge >= 0.3 is 0 Å². The van der Waals surface area contributed by atoms with Crippen LogP contribution in [0.15, 0.2) is 18.2 Å². The summed E-state index contributed by atoms with van der Waals surface area (Å²) < 4.78 is 29.4. The van der Waals surface area contributed by atoms with Crippen LogP contribution in [0.25, 0.3) is 0 Å². The number of nitrogens with zero attached hydrogens (tertiary/aromatic N) is 3. The Kier molecular flexibility index (Phi) is 5.40. The summed E-state index contributed by atoms with van der Waals surface area (Å²) in [5.41, 5.74) is 0.115. The molecule has 1 fully saturated rings. The maximum atomic E-state index is 12.3. The van der Waals surface area contributed by atoms with Gasteiger partial charge in [0.25, 0.3) is 11.6 Å². The highest BCUT2D eigenvalue weighted by atomic mass is 32.2. The number of morpholine rings is 1. The van der Waals surface area contributed by atoms with E-state index < -0.39 is 20.9 Å². The number of sulfonamides is 1. The van der Waals surface area contributed by atoms with Crippen LogP contribution in [-0.4, -0.2) is 62.7 Å². The van der Waals surface area contributed by atoms with Crippen LogP contribution in [-0.2, 0) is 14.8 Å². The molecule has 9 nitrogen and oxygen atoms in total. The van der Waals surface area contributed by atoms with Crippen LogP contribution >= 0.6 is 0 Å². The average molecular weight is 357 g/mol. The molecule has 1 aromatic carbocycles. The quantitative estimate of drug-likeness (QED) is 0.567. The van der Waals surface area contributed by atoms with E-state index in [9.17, 15) is 23.3 Å². The number of ether oxygens (including phenoxy) is 1. The highest BCUT2D eigenvalue weighted by Crippen LogP contribution is 2.30. The highest BCUT2D eigenvalue weighted by Gasteiger charge is 2.27. The van der Waals surface area contributed by atoms with Gasteiger partial charge in [-0.2, -0.15) is 0 Å². The molecular formula is C14H19N3O6S. The van der Waals surface area contributed by atoms with Gasteiger partial charge in [-0.25, -0.2) is 12.7 Å². The summed E-state index contributed by atoms with van der Waals surface area (Å²) in [6.07, 6.45) is 0. The maximum Gasteiger partial charge on any atom is 0.293 e. The first kappa shape index (κ1) is 18.1. The average Bonchev–Trinajstić information content (AvgIpc) is 2.60. The van der Waals surface area contributed by atoms with Crippen LogP contribution in [0.5, 0.6) is 0 Å². The molecule has 0 N–H and O–H groups in total. The molecule has 1 saturated heterocycles. The third-order valence-corrected chi connectivity index (χ3v) is 5.57. The molecule has 1 aromatic rings. The minimum atomic E-state index is -3.72. The fourth-order valence-electron chi connectivity index (χ4n) is 2.38. The normalized spacial score (nSPS) is 15.2. The lowest BCUT2D eigenvalue weighted by Crippen LogP contribution is -2.37. The van der Waals surface area contributed by atoms with Gasteiger partial charge in [0, 0.05) is 31.8 Å². The van der Waals surface area contributed by atoms with Crippen molar-refractivity contribution in [3.63, 3.8) is 0 Å². The number of benzene rings is 1. The number of hydrogen-bond donors (Lipinski definition) is 0. The summed E-state index contributed by atoms with van der Waals surface area (Å²) >= 11 is 0. The second kappa shape index (κ2) is 7.14. The van der Waals surface area contributed by atoms with Crippen molar-refractivity contribution in [2.75, 3.05) is 44.0 Å². The van der Waals surface area contributed by atoms with Crippen molar-refractivity contribution in [1.82, 2.24) is 4.31 Å². The van der Waals surface area contributed by atoms with Crippen LogP contribution in [0.1, 0.15) is 17.3 Å². The summed E-state index contributed by atoms with van der Waals surface area (Å²) in [7, 11) is -2.58. The van der Waals surface area contributed by atoms with Crippen molar-refractivity contribution < 1.29 is 22.9 Å². The maximum absolute atomic E-state index is 12.3. The Balaban J connectivity index is 2.38. The molecule has 0 radical (unpaired) electrons. The fourth-order valence-corrected chi connectivity index (χ4v) is 3.12. The standard InChI is InChI=1S/C14H19N3O6S/c1-3-24(21,22)15(2)14(18)11-4-5-12(13(10-11)17(19)20)16-6-8-23-9-7-16/h4-5,10H,3,6-9H2,1-2H3. The van der Waals surface area contributed by atoms with Crippen molar-refractivity contribution in [2.45, 2.75) is 6.92 Å². The topological polar surface area (TPSA) is 110 Å². The molecule has 1 heterocycles. The monoisotopic (exact) mass is 357 g/mol. The molecule has 0 unspecified atom stereocenters. The SMILES string of the molecule is CCS(=O)(=O)N(C)C(=O)c1ccc(N2CCOCC2)c([N+](=O)[O-])c1. The molecular weight excluding hydrogens is 338 g/mol. The van der Waals surface area contributed by atoms with Crippen molar-refractivity contribution in [3.8, 4) is 0 Å². The second-order valence-corrected chi connectivity index (χ2v) is 7.52. The molecule has 0 aromatic heterocycles. The van der Waals surface area contributed by atoms with E-state index in [2.05, 4.69) is 0 Å². The van der Waals surface area contributed by atoms with Crippen molar-refractivity contribution in [1.29, 1.82) is 0 Å². The van der Waals surface area contributed by atoms with Gasteiger partial charge < -0.3 is 9.64 Å². The molecule has 0 spiro atoms. The van der Waals surface area contributed by atoms with E-state index in [0.717, 1.165) is 13.1 Å². The highest BCUT2D eigenvalue weighted by molar-refractivity contribution is 7.89. The number of carbonyl (C=O) groups is 1. The van der Waals surface area contributed by atoms with Crippen molar-refractivity contribution in [3.05, 3.63) is 33.9 Å². The van der Waals surface area contributed by atoms with Gasteiger partial charge in [-0.15, -0.1) is 0 Å². The molecule has 1 amide bonds. The minimum Gasteiger partial charge on any atom is -0.378 e. The molecule has 1 aliphatic heterocycles. The molecule has 0 bridgehead atoms. The van der Waals surface area contributed by atoms with Gasteiger partial charge in [0.2, 0.25) is 10.0 Å². The Labute approximate surface area is 140 Å². The molecule has 0 atom stereocenters. The van der Waals surface area contributed by atoms with E-state index in [0.29, 0.717) is 36.3 Å². The number of nitro benzene ring substituents is 1. The minimum absolute atomic E-state index is 0.0433. The van der Waals surface area contributed by atoms with Crippen LogP contribution < -0.4 is 4.90 Å². The molecule has 132 valence electrons. The number of anilines is 1. The molecule has 1 aliphatic rings. The van der Waals surface area contributed by atoms with Crippen molar-refractivity contribution in [2.24, 2.45) is 0 Å². The Morgan fingerprint density at radius 3 is 2.54 bits per heavy atom. The van der Waals surface area contributed by atoms with Gasteiger partial charge in [0.05, 0.1) is 23.9 Å². The third-order valence-electron chi connectivity index (χ3n) is 3.84. The Morgan fingerprint density at radius 2 is 2.00 bits per heavy atom. The molecule has 0 aliphatic carbocycles. The third kappa shape index (κ3) is 3.65. The number of nitro groups is 1. The summed E-state index contributed by atoms with van der Waals surface area (Å²) in [5, 5.41) is 11.4. The van der Waals surface area contributed by atoms with Crippen molar-refractivity contribution >= 4 is 27.3 Å². The van der Waals surface area contributed by atoms with Gasteiger partial charge in [0.1, 0.15) is 5.69 Å². The predicted molar refractivity (Wildman–Crippen MR) is 87.7 cm³/mol. The summed E-state index contributed by atoms with van der Waals surface area (Å²) in [6.45, 7) is 3.38. The lowest BCUT2D eigenvalue weighted by Gasteiger charge is -2.28. The zero-order valence-corrected chi connectivity index (χ0v) is 14.3. The van der Waals surface area contributed by atoms with E-state index in [1.54, 1.807) is 0 Å². The number of hydrogen-bond acceptors (Lipinski definition) is 7. The van der Waals surface area contributed by atoms with Gasteiger partial charge in [0.15, 0.2) is 0 Å². The Bertz CT molecular complexity index is 743. The lowest BCUT2D eigenvalue weighted by atomic mass is 10.1. The summed E-state index contributed by atoms with van der Waals surface area (Å²) in [4.78, 5) is 24.9. The summed E-state index contributed by atoms with van der Waals surface area (Å²) in [5.74, 6) is -1.03. The molecule has 10 heteroatoms. The Hall–Kier alpha value is -2.20. The van der Waals surface area contributed by atoms with Crippen LogP contribution in [0.4, 0.5) is 11.4 Å². The summed E-state index contributed by atoms with van der Waals surface area (Å²) in [6, 6.07) is 4.00. The first-order valence-electron chi connectivity index (χ1n) is 7.40. The largest absolute Gasteiger partial charge is 0.378 e. The Morgan fingerprint density at radius 1 is 1.38 bits per heavy atom. The van der Waals surface area contributed by atoms with E-state index in [4.69, 9.17) is 4.74 Å². The van der Waals surface area contributed by atoms with Gasteiger partial charge in [-0.3, -0.25) is 14.9 Å². The zero-order valence-electron chi connectivity index (χ0n) is 13.5. The molecule has 2 rings (SSSR count). The zero-order chi connectivity index (χ0) is 17.9.